The molecule has 0 aliphatic rings. The molecule has 1 aromatic rings. The van der Waals surface area contributed by atoms with Crippen LogP contribution in [-0.4, -0.2) is 24.4 Å². The van der Waals surface area contributed by atoms with Crippen LogP contribution in [0.15, 0.2) is 30.3 Å². The normalized spacial score (nSPS) is 9.75. The van der Waals surface area contributed by atoms with Crippen molar-refractivity contribution < 1.29 is 4.79 Å². The van der Waals surface area contributed by atoms with E-state index in [0.717, 1.165) is 5.56 Å². The van der Waals surface area contributed by atoms with E-state index < -0.39 is 0 Å². The molecule has 0 radical (unpaired) electrons. The molecular weight excluding hydrogens is 239 g/mol. The van der Waals surface area contributed by atoms with Gasteiger partial charge in [0.2, 0.25) is 0 Å². The summed E-state index contributed by atoms with van der Waals surface area (Å²) < 4.78 is 0.752. The van der Waals surface area contributed by atoms with Crippen LogP contribution in [0, 0.1) is 0 Å². The van der Waals surface area contributed by atoms with Gasteiger partial charge in [0.15, 0.2) is 0 Å². The van der Waals surface area contributed by atoms with Gasteiger partial charge in [0.05, 0.1) is 0 Å². The number of carbonyl (C=O) groups excluding carboxylic acids is 1. The first-order valence-corrected chi connectivity index (χ1v) is 6.18. The maximum absolute atomic E-state index is 11.2. The van der Waals surface area contributed by atoms with E-state index in [0.29, 0.717) is 11.2 Å². The zero-order chi connectivity index (χ0) is 8.81. The molecule has 0 heterocycles. The number of carbonyl (C=O) groups is 1. The first-order valence-electron chi connectivity index (χ1n) is 3.58. The molecule has 64 valence electrons. The van der Waals surface area contributed by atoms with Gasteiger partial charge < -0.3 is 0 Å². The summed E-state index contributed by atoms with van der Waals surface area (Å²) in [5.74, 6) is 0. The molecule has 0 unspecified atom stereocenters. The van der Waals surface area contributed by atoms with E-state index in [-0.39, 0.29) is 19.6 Å². The Morgan fingerprint density at radius 3 is 2.58 bits per heavy atom. The van der Waals surface area contributed by atoms with E-state index in [1.54, 1.807) is 0 Å². The van der Waals surface area contributed by atoms with Crippen LogP contribution in [0.3, 0.4) is 0 Å². The quantitative estimate of drug-likeness (QED) is 0.584. The molecule has 0 spiro atoms. The second kappa shape index (κ2) is 5.36. The Morgan fingerprint density at radius 2 is 2.00 bits per heavy atom. The maximum atomic E-state index is 11.2. The monoisotopic (exact) mass is 248 g/mol. The zero-order valence-electron chi connectivity index (χ0n) is 6.50. The predicted octanol–water partition coefficient (Wildman–Crippen LogP) is 1.66. The Hall–Kier alpha value is -0.301. The van der Waals surface area contributed by atoms with E-state index in [2.05, 4.69) is 0 Å². The van der Waals surface area contributed by atoms with E-state index in [1.807, 2.05) is 30.3 Å². The van der Waals surface area contributed by atoms with Crippen LogP contribution in [0.4, 0.5) is 0 Å². The van der Waals surface area contributed by atoms with E-state index in [4.69, 9.17) is 11.6 Å². The topological polar surface area (TPSA) is 17.1 Å². The SMILES string of the molecule is O=C(Cc1ccccc1)[Se]CCl. The number of rotatable bonds is 4. The summed E-state index contributed by atoms with van der Waals surface area (Å²) in [5, 5.41) is 0. The summed E-state index contributed by atoms with van der Waals surface area (Å²) in [6, 6.07) is 9.75. The third kappa shape index (κ3) is 3.40. The predicted molar refractivity (Wildman–Crippen MR) is 51.6 cm³/mol. The first-order chi connectivity index (χ1) is 5.83. The van der Waals surface area contributed by atoms with Gasteiger partial charge in [0.25, 0.3) is 0 Å². The van der Waals surface area contributed by atoms with Gasteiger partial charge in [-0.1, -0.05) is 0 Å². The van der Waals surface area contributed by atoms with Crippen molar-refractivity contribution in [3.63, 3.8) is 0 Å². The fourth-order valence-electron chi connectivity index (χ4n) is 0.874. The first kappa shape index (κ1) is 9.78. The summed E-state index contributed by atoms with van der Waals surface area (Å²) >= 11 is 5.43. The van der Waals surface area contributed by atoms with Crippen LogP contribution < -0.4 is 0 Å². The zero-order valence-corrected chi connectivity index (χ0v) is 8.96. The molecule has 0 fully saturated rings. The average Bonchev–Trinajstić information content (AvgIpc) is 2.06. The van der Waals surface area contributed by atoms with Crippen molar-refractivity contribution >= 4 is 31.2 Å². The Bertz CT molecular complexity index is 248. The van der Waals surface area contributed by atoms with Gasteiger partial charge in [-0.05, 0) is 0 Å². The van der Waals surface area contributed by atoms with Gasteiger partial charge in [-0.3, -0.25) is 0 Å². The van der Waals surface area contributed by atoms with Crippen molar-refractivity contribution in [3.05, 3.63) is 35.9 Å². The van der Waals surface area contributed by atoms with Crippen LogP contribution in [0.5, 0.6) is 0 Å². The summed E-state index contributed by atoms with van der Waals surface area (Å²) in [5.41, 5.74) is 1.08. The Labute approximate surface area is 83.3 Å². The molecule has 0 aliphatic carbocycles. The minimum atomic E-state index is -0.0442. The fraction of sp³-hybridized carbons (Fsp3) is 0.222. The standard InChI is InChI=1S/C9H9ClOSe/c10-7-12-9(11)6-8-4-2-1-3-5-8/h1-5H,6-7H2. The molecule has 1 aromatic carbocycles. The number of hydrogen-bond donors (Lipinski definition) is 0. The Kier molecular flexibility index (Phi) is 4.37. The van der Waals surface area contributed by atoms with Crippen molar-refractivity contribution in [1.82, 2.24) is 0 Å². The molecule has 0 atom stereocenters. The number of benzene rings is 1. The molecule has 1 rings (SSSR count). The third-order valence-corrected chi connectivity index (χ3v) is 3.18. The van der Waals surface area contributed by atoms with Gasteiger partial charge in [-0.25, -0.2) is 0 Å². The van der Waals surface area contributed by atoms with Gasteiger partial charge in [-0.15, -0.1) is 0 Å². The molecule has 0 aromatic heterocycles. The molecule has 0 N–H and O–H groups in total. The second-order valence-electron chi connectivity index (χ2n) is 2.29. The van der Waals surface area contributed by atoms with Crippen LogP contribution in [0.25, 0.3) is 0 Å². The molecule has 0 saturated carbocycles. The number of halogens is 1. The molecule has 0 aliphatic heterocycles. The molecular formula is C9H9ClOSe. The van der Waals surface area contributed by atoms with Crippen molar-refractivity contribution in [2.75, 3.05) is 4.78 Å². The van der Waals surface area contributed by atoms with Crippen LogP contribution in [0.2, 0.25) is 0 Å². The molecule has 0 amide bonds. The Balaban J connectivity index is 2.47. The van der Waals surface area contributed by atoms with E-state index >= 15 is 0 Å². The fourth-order valence-corrected chi connectivity index (χ4v) is 2.33. The van der Waals surface area contributed by atoms with Gasteiger partial charge >= 0.3 is 83.1 Å². The summed E-state index contributed by atoms with van der Waals surface area (Å²) in [6.07, 6.45) is 0.535. The van der Waals surface area contributed by atoms with Crippen LogP contribution in [-0.2, 0) is 11.2 Å². The molecule has 12 heavy (non-hydrogen) atoms. The van der Waals surface area contributed by atoms with Crippen LogP contribution in [0.1, 0.15) is 5.56 Å². The van der Waals surface area contributed by atoms with Crippen molar-refractivity contribution in [1.29, 1.82) is 0 Å². The van der Waals surface area contributed by atoms with Crippen molar-refractivity contribution in [2.45, 2.75) is 6.42 Å². The average molecular weight is 248 g/mol. The number of alkyl halides is 1. The molecule has 1 nitrogen and oxygen atoms in total. The van der Waals surface area contributed by atoms with Gasteiger partial charge in [0.1, 0.15) is 0 Å². The summed E-state index contributed by atoms with van der Waals surface area (Å²) in [4.78, 5) is 11.2. The summed E-state index contributed by atoms with van der Waals surface area (Å²) in [6.45, 7) is 0. The van der Waals surface area contributed by atoms with Crippen molar-refractivity contribution in [2.24, 2.45) is 0 Å². The van der Waals surface area contributed by atoms with Gasteiger partial charge in [-0.2, -0.15) is 0 Å². The number of hydrogen-bond acceptors (Lipinski definition) is 1. The third-order valence-electron chi connectivity index (χ3n) is 1.41. The minimum absolute atomic E-state index is 0.0442. The van der Waals surface area contributed by atoms with Crippen molar-refractivity contribution in [3.8, 4) is 0 Å². The second-order valence-corrected chi connectivity index (χ2v) is 5.44. The van der Waals surface area contributed by atoms with Crippen LogP contribution >= 0.6 is 11.6 Å². The Morgan fingerprint density at radius 1 is 1.33 bits per heavy atom. The van der Waals surface area contributed by atoms with Gasteiger partial charge in [0, 0.05) is 0 Å². The van der Waals surface area contributed by atoms with E-state index in [9.17, 15) is 4.79 Å². The summed E-state index contributed by atoms with van der Waals surface area (Å²) in [7, 11) is 0. The van der Waals surface area contributed by atoms with E-state index in [1.165, 1.54) is 0 Å². The molecule has 0 bridgehead atoms. The molecule has 3 heteroatoms. The molecule has 0 saturated heterocycles.